The van der Waals surface area contributed by atoms with Crippen molar-refractivity contribution in [2.24, 2.45) is 11.2 Å². The number of rotatable bonds is 1. The SMILES string of the molecule is Cl.Cl.O=NN1CCC[C@H]2CNC[C@H]21. The minimum Gasteiger partial charge on any atom is -0.314 e. The first-order valence-electron chi connectivity index (χ1n) is 4.22. The summed E-state index contributed by atoms with van der Waals surface area (Å²) < 4.78 is 0. The first-order valence-corrected chi connectivity index (χ1v) is 4.22. The number of fused-ring (bicyclic) bond motifs is 1. The maximum absolute atomic E-state index is 10.4. The summed E-state index contributed by atoms with van der Waals surface area (Å²) >= 11 is 0. The van der Waals surface area contributed by atoms with Crippen molar-refractivity contribution in [3.05, 3.63) is 4.91 Å². The van der Waals surface area contributed by atoms with E-state index in [0.717, 1.165) is 26.1 Å². The Bertz CT molecular complexity index is 170. The average molecular weight is 228 g/mol. The van der Waals surface area contributed by atoms with Gasteiger partial charge in [-0.15, -0.1) is 29.7 Å². The van der Waals surface area contributed by atoms with Gasteiger partial charge in [-0.25, -0.2) is 0 Å². The Balaban J connectivity index is 0.000000720. The summed E-state index contributed by atoms with van der Waals surface area (Å²) in [7, 11) is 0. The van der Waals surface area contributed by atoms with Gasteiger partial charge in [0, 0.05) is 19.6 Å². The Morgan fingerprint density at radius 1 is 1.31 bits per heavy atom. The standard InChI is InChI=1S/C7H13N3O.2ClH/c11-9-10-3-1-2-6-4-8-5-7(6)10;;/h6-8H,1-5H2;2*1H/t6-,7+;;/m0../s1. The van der Waals surface area contributed by atoms with Crippen LogP contribution in [-0.2, 0) is 0 Å². The van der Waals surface area contributed by atoms with Gasteiger partial charge in [-0.3, -0.25) is 5.01 Å². The van der Waals surface area contributed by atoms with E-state index in [9.17, 15) is 4.91 Å². The molecule has 2 atom stereocenters. The van der Waals surface area contributed by atoms with Crippen molar-refractivity contribution in [3.8, 4) is 0 Å². The monoisotopic (exact) mass is 227 g/mol. The zero-order chi connectivity index (χ0) is 7.68. The van der Waals surface area contributed by atoms with Crippen molar-refractivity contribution in [3.63, 3.8) is 0 Å². The van der Waals surface area contributed by atoms with Crippen LogP contribution in [0.3, 0.4) is 0 Å². The number of nitrogens with zero attached hydrogens (tertiary/aromatic N) is 2. The number of hydrogen-bond acceptors (Lipinski definition) is 3. The highest BCUT2D eigenvalue weighted by molar-refractivity contribution is 5.85. The molecule has 2 fully saturated rings. The minimum atomic E-state index is 0. The van der Waals surface area contributed by atoms with Gasteiger partial charge in [0.1, 0.15) is 0 Å². The van der Waals surface area contributed by atoms with Crippen molar-refractivity contribution in [1.29, 1.82) is 0 Å². The lowest BCUT2D eigenvalue weighted by Gasteiger charge is -2.31. The molecule has 0 aliphatic carbocycles. The largest absolute Gasteiger partial charge is 0.314 e. The molecule has 0 aromatic carbocycles. The number of nitrogens with one attached hydrogen (secondary N) is 1. The summed E-state index contributed by atoms with van der Waals surface area (Å²) in [4.78, 5) is 10.4. The first-order chi connectivity index (χ1) is 5.42. The van der Waals surface area contributed by atoms with Gasteiger partial charge in [0.2, 0.25) is 0 Å². The molecule has 2 saturated heterocycles. The molecule has 78 valence electrons. The van der Waals surface area contributed by atoms with Crippen LogP contribution in [0, 0.1) is 10.8 Å². The van der Waals surface area contributed by atoms with Gasteiger partial charge in [0.05, 0.1) is 11.3 Å². The summed E-state index contributed by atoms with van der Waals surface area (Å²) in [5, 5.41) is 8.02. The average Bonchev–Trinajstić information content (AvgIpc) is 2.50. The van der Waals surface area contributed by atoms with E-state index in [1.54, 1.807) is 5.01 Å². The molecular formula is C7H15Cl2N3O. The van der Waals surface area contributed by atoms with Crippen LogP contribution in [-0.4, -0.2) is 30.7 Å². The van der Waals surface area contributed by atoms with E-state index in [-0.39, 0.29) is 24.8 Å². The number of piperidine rings is 1. The highest BCUT2D eigenvalue weighted by Gasteiger charge is 2.35. The Labute approximate surface area is 90.2 Å². The van der Waals surface area contributed by atoms with Gasteiger partial charge in [-0.05, 0) is 18.8 Å². The molecule has 1 N–H and O–H groups in total. The van der Waals surface area contributed by atoms with Gasteiger partial charge >= 0.3 is 0 Å². The Morgan fingerprint density at radius 3 is 2.77 bits per heavy atom. The van der Waals surface area contributed by atoms with Crippen LogP contribution in [0.2, 0.25) is 0 Å². The van der Waals surface area contributed by atoms with E-state index in [1.807, 2.05) is 0 Å². The lowest BCUT2D eigenvalue weighted by atomic mass is 9.93. The lowest BCUT2D eigenvalue weighted by molar-refractivity contribution is 0.128. The van der Waals surface area contributed by atoms with Crippen LogP contribution in [0.15, 0.2) is 5.29 Å². The molecule has 13 heavy (non-hydrogen) atoms. The number of halogens is 2. The summed E-state index contributed by atoms with van der Waals surface area (Å²) in [5.74, 6) is 0.668. The molecule has 0 aromatic rings. The zero-order valence-electron chi connectivity index (χ0n) is 7.31. The fourth-order valence-electron chi connectivity index (χ4n) is 2.15. The highest BCUT2D eigenvalue weighted by atomic mass is 35.5. The molecule has 6 heteroatoms. The van der Waals surface area contributed by atoms with Crippen LogP contribution in [0.1, 0.15) is 12.8 Å². The van der Waals surface area contributed by atoms with E-state index in [2.05, 4.69) is 10.6 Å². The molecule has 2 aliphatic rings. The van der Waals surface area contributed by atoms with Crippen LogP contribution in [0.4, 0.5) is 0 Å². The molecule has 2 aliphatic heterocycles. The topological polar surface area (TPSA) is 44.7 Å². The molecule has 2 heterocycles. The molecule has 0 radical (unpaired) electrons. The molecule has 0 aromatic heterocycles. The first kappa shape index (κ1) is 12.9. The van der Waals surface area contributed by atoms with E-state index in [4.69, 9.17) is 0 Å². The smallest absolute Gasteiger partial charge is 0.0667 e. The second-order valence-corrected chi connectivity index (χ2v) is 3.37. The predicted octanol–water partition coefficient (Wildman–Crippen LogP) is 1.20. The molecule has 4 nitrogen and oxygen atoms in total. The quantitative estimate of drug-likeness (QED) is 0.686. The molecular weight excluding hydrogens is 213 g/mol. The van der Waals surface area contributed by atoms with Crippen molar-refractivity contribution >= 4 is 24.8 Å². The summed E-state index contributed by atoms with van der Waals surface area (Å²) in [6, 6.07) is 0.390. The van der Waals surface area contributed by atoms with E-state index in [1.165, 1.54) is 6.42 Å². The molecule has 0 spiro atoms. The van der Waals surface area contributed by atoms with Crippen molar-refractivity contribution in [1.82, 2.24) is 10.3 Å². The van der Waals surface area contributed by atoms with Crippen molar-refractivity contribution in [2.75, 3.05) is 19.6 Å². The van der Waals surface area contributed by atoms with Gasteiger partial charge < -0.3 is 5.32 Å². The third-order valence-electron chi connectivity index (χ3n) is 2.75. The number of nitroso groups, excluding NO2 is 1. The van der Waals surface area contributed by atoms with E-state index < -0.39 is 0 Å². The third-order valence-corrected chi connectivity index (χ3v) is 2.75. The summed E-state index contributed by atoms with van der Waals surface area (Å²) in [6.07, 6.45) is 2.37. The molecule has 2 rings (SSSR count). The van der Waals surface area contributed by atoms with Crippen LogP contribution >= 0.6 is 24.8 Å². The lowest BCUT2D eigenvalue weighted by Crippen LogP contribution is -2.41. The maximum atomic E-state index is 10.4. The van der Waals surface area contributed by atoms with Crippen LogP contribution < -0.4 is 5.32 Å². The second-order valence-electron chi connectivity index (χ2n) is 3.37. The normalized spacial score (nSPS) is 31.2. The van der Waals surface area contributed by atoms with Gasteiger partial charge in [-0.1, -0.05) is 0 Å². The third kappa shape index (κ3) is 2.45. The summed E-state index contributed by atoms with van der Waals surface area (Å²) in [5.41, 5.74) is 0. The molecule has 0 saturated carbocycles. The van der Waals surface area contributed by atoms with Gasteiger partial charge in [-0.2, -0.15) is 0 Å². The number of hydrogen-bond donors (Lipinski definition) is 1. The second kappa shape index (κ2) is 5.62. The maximum Gasteiger partial charge on any atom is 0.0667 e. The van der Waals surface area contributed by atoms with E-state index >= 15 is 0 Å². The van der Waals surface area contributed by atoms with Gasteiger partial charge in [0.25, 0.3) is 0 Å². The highest BCUT2D eigenvalue weighted by Crippen LogP contribution is 2.25. The van der Waals surface area contributed by atoms with E-state index in [0.29, 0.717) is 12.0 Å². The Morgan fingerprint density at radius 2 is 2.08 bits per heavy atom. The fourth-order valence-corrected chi connectivity index (χ4v) is 2.15. The molecule has 0 unspecified atom stereocenters. The zero-order valence-corrected chi connectivity index (χ0v) is 8.94. The van der Waals surface area contributed by atoms with Gasteiger partial charge in [0.15, 0.2) is 0 Å². The Hall–Kier alpha value is -0.0600. The fraction of sp³-hybridized carbons (Fsp3) is 1.00. The minimum absolute atomic E-state index is 0. The predicted molar refractivity (Wildman–Crippen MR) is 56.4 cm³/mol. The summed E-state index contributed by atoms with van der Waals surface area (Å²) in [6.45, 7) is 2.86. The van der Waals surface area contributed by atoms with Crippen LogP contribution in [0.25, 0.3) is 0 Å². The van der Waals surface area contributed by atoms with Crippen LogP contribution in [0.5, 0.6) is 0 Å². The molecule has 0 amide bonds. The van der Waals surface area contributed by atoms with Crippen molar-refractivity contribution < 1.29 is 0 Å². The van der Waals surface area contributed by atoms with Crippen molar-refractivity contribution in [2.45, 2.75) is 18.9 Å². The molecule has 0 bridgehead atoms. The Kier molecular flexibility index (Phi) is 5.60.